The minimum Gasteiger partial charge on any atom is -0.494 e. The Bertz CT molecular complexity index is 326. The first-order valence-electron chi connectivity index (χ1n) is 6.27. The molecule has 0 amide bonds. The van der Waals surface area contributed by atoms with Gasteiger partial charge in [-0.3, -0.25) is 0 Å². The first-order chi connectivity index (χ1) is 8.13. The van der Waals surface area contributed by atoms with Gasteiger partial charge in [0.25, 0.3) is 0 Å². The van der Waals surface area contributed by atoms with E-state index in [2.05, 4.69) is 26.1 Å². The Hall–Kier alpha value is -1.06. The van der Waals surface area contributed by atoms with E-state index in [1.165, 1.54) is 0 Å². The van der Waals surface area contributed by atoms with E-state index in [1.807, 2.05) is 24.3 Å². The van der Waals surface area contributed by atoms with Gasteiger partial charge < -0.3 is 15.2 Å². The van der Waals surface area contributed by atoms with Crippen LogP contribution in [0.4, 0.5) is 0 Å². The number of aliphatic hydroxyl groups is 1. The van der Waals surface area contributed by atoms with Gasteiger partial charge in [0.05, 0.1) is 12.7 Å². The summed E-state index contributed by atoms with van der Waals surface area (Å²) >= 11 is 0. The molecular formula is C14H23NO2. The van der Waals surface area contributed by atoms with Gasteiger partial charge in [-0.1, -0.05) is 32.9 Å². The van der Waals surface area contributed by atoms with E-state index in [9.17, 15) is 5.11 Å². The van der Waals surface area contributed by atoms with Gasteiger partial charge >= 0.3 is 0 Å². The molecule has 2 N–H and O–H groups in total. The summed E-state index contributed by atoms with van der Waals surface area (Å²) in [6.07, 6.45) is 0.504. The van der Waals surface area contributed by atoms with Crippen LogP contribution in [-0.2, 0) is 0 Å². The number of rotatable bonds is 7. The zero-order chi connectivity index (χ0) is 12.7. The van der Waals surface area contributed by atoms with Crippen LogP contribution in [0, 0.1) is 0 Å². The second kappa shape index (κ2) is 7.30. The number of benzene rings is 1. The van der Waals surface area contributed by atoms with Gasteiger partial charge in [0.15, 0.2) is 0 Å². The van der Waals surface area contributed by atoms with Crippen molar-refractivity contribution in [2.75, 3.05) is 13.2 Å². The largest absolute Gasteiger partial charge is 0.494 e. The van der Waals surface area contributed by atoms with Crippen molar-refractivity contribution in [3.8, 4) is 5.75 Å². The Morgan fingerprint density at radius 3 is 2.76 bits per heavy atom. The zero-order valence-corrected chi connectivity index (χ0v) is 10.9. The van der Waals surface area contributed by atoms with Crippen LogP contribution in [0.2, 0.25) is 0 Å². The van der Waals surface area contributed by atoms with E-state index in [4.69, 9.17) is 4.74 Å². The lowest BCUT2D eigenvalue weighted by Crippen LogP contribution is -2.27. The Labute approximate surface area is 104 Å². The van der Waals surface area contributed by atoms with Gasteiger partial charge in [-0.15, -0.1) is 0 Å². The molecule has 0 radical (unpaired) electrons. The molecule has 0 saturated heterocycles. The number of ether oxygens (including phenoxy) is 1. The Balaban J connectivity index is 2.57. The first-order valence-corrected chi connectivity index (χ1v) is 6.27. The summed E-state index contributed by atoms with van der Waals surface area (Å²) in [6, 6.07) is 8.04. The second-order valence-electron chi connectivity index (χ2n) is 4.50. The lowest BCUT2D eigenvalue weighted by molar-refractivity contribution is 0.171. The van der Waals surface area contributed by atoms with Crippen molar-refractivity contribution >= 4 is 0 Å². The van der Waals surface area contributed by atoms with Crippen LogP contribution in [-0.4, -0.2) is 24.3 Å². The minimum absolute atomic E-state index is 0.379. The van der Waals surface area contributed by atoms with Crippen molar-refractivity contribution in [1.29, 1.82) is 0 Å². The standard InChI is InChI=1S/C14H23NO2/c1-4-8-17-13-7-5-6-12(9-13)14(16)10-15-11(2)3/h5-7,9,11,14-16H,4,8,10H2,1-3H3. The molecule has 1 rings (SSSR count). The monoisotopic (exact) mass is 237 g/mol. The maximum atomic E-state index is 10.0. The molecule has 0 aliphatic heterocycles. The van der Waals surface area contributed by atoms with Gasteiger partial charge in [0.2, 0.25) is 0 Å². The fraction of sp³-hybridized carbons (Fsp3) is 0.571. The molecule has 1 unspecified atom stereocenters. The highest BCUT2D eigenvalue weighted by atomic mass is 16.5. The zero-order valence-electron chi connectivity index (χ0n) is 10.9. The van der Waals surface area contributed by atoms with Crippen LogP contribution in [0.3, 0.4) is 0 Å². The Morgan fingerprint density at radius 1 is 1.35 bits per heavy atom. The van der Waals surface area contributed by atoms with E-state index in [0.717, 1.165) is 17.7 Å². The van der Waals surface area contributed by atoms with Gasteiger partial charge in [-0.05, 0) is 24.1 Å². The van der Waals surface area contributed by atoms with Crippen molar-refractivity contribution in [3.63, 3.8) is 0 Å². The first kappa shape index (κ1) is 14.0. The van der Waals surface area contributed by atoms with E-state index < -0.39 is 6.10 Å². The summed E-state index contributed by atoms with van der Waals surface area (Å²) in [4.78, 5) is 0. The fourth-order valence-corrected chi connectivity index (χ4v) is 1.50. The highest BCUT2D eigenvalue weighted by molar-refractivity contribution is 5.30. The summed E-state index contributed by atoms with van der Waals surface area (Å²) in [7, 11) is 0. The molecule has 96 valence electrons. The summed E-state index contributed by atoms with van der Waals surface area (Å²) in [5.74, 6) is 0.827. The van der Waals surface area contributed by atoms with Crippen LogP contribution < -0.4 is 10.1 Å². The van der Waals surface area contributed by atoms with Crippen LogP contribution in [0.1, 0.15) is 38.9 Å². The maximum absolute atomic E-state index is 10.0. The molecular weight excluding hydrogens is 214 g/mol. The van der Waals surface area contributed by atoms with Gasteiger partial charge in [-0.25, -0.2) is 0 Å². The average Bonchev–Trinajstić information content (AvgIpc) is 2.33. The third-order valence-electron chi connectivity index (χ3n) is 2.44. The normalized spacial score (nSPS) is 12.8. The lowest BCUT2D eigenvalue weighted by Gasteiger charge is -2.15. The lowest BCUT2D eigenvalue weighted by atomic mass is 10.1. The maximum Gasteiger partial charge on any atom is 0.119 e. The predicted molar refractivity (Wildman–Crippen MR) is 70.3 cm³/mol. The molecule has 3 heteroatoms. The summed E-state index contributed by atoms with van der Waals surface area (Å²) in [5, 5.41) is 13.2. The summed E-state index contributed by atoms with van der Waals surface area (Å²) in [5.41, 5.74) is 0.895. The number of hydrogen-bond acceptors (Lipinski definition) is 3. The van der Waals surface area contributed by atoms with Crippen LogP contribution in [0.5, 0.6) is 5.75 Å². The van der Waals surface area contributed by atoms with E-state index >= 15 is 0 Å². The summed E-state index contributed by atoms with van der Waals surface area (Å²) < 4.78 is 5.54. The average molecular weight is 237 g/mol. The van der Waals surface area contributed by atoms with Crippen LogP contribution in [0.25, 0.3) is 0 Å². The third-order valence-corrected chi connectivity index (χ3v) is 2.44. The quantitative estimate of drug-likeness (QED) is 0.765. The van der Waals surface area contributed by atoms with Crippen molar-refractivity contribution in [2.45, 2.75) is 39.3 Å². The molecule has 1 aromatic rings. The Kier molecular flexibility index (Phi) is 6.01. The number of nitrogens with one attached hydrogen (secondary N) is 1. The molecule has 0 fully saturated rings. The van der Waals surface area contributed by atoms with Gasteiger partial charge in [0.1, 0.15) is 5.75 Å². The third kappa shape index (κ3) is 5.20. The topological polar surface area (TPSA) is 41.5 Å². The molecule has 0 spiro atoms. The molecule has 0 aromatic heterocycles. The predicted octanol–water partition coefficient (Wildman–Crippen LogP) is 2.51. The van der Waals surface area contributed by atoms with E-state index in [-0.39, 0.29) is 0 Å². The van der Waals surface area contributed by atoms with Gasteiger partial charge in [0, 0.05) is 12.6 Å². The number of hydrogen-bond donors (Lipinski definition) is 2. The molecule has 0 bridgehead atoms. The SMILES string of the molecule is CCCOc1cccc(C(O)CNC(C)C)c1. The molecule has 1 atom stereocenters. The molecule has 17 heavy (non-hydrogen) atoms. The van der Waals surface area contributed by atoms with Gasteiger partial charge in [-0.2, -0.15) is 0 Å². The summed E-state index contributed by atoms with van der Waals surface area (Å²) in [6.45, 7) is 7.48. The van der Waals surface area contributed by atoms with Crippen LogP contribution in [0.15, 0.2) is 24.3 Å². The van der Waals surface area contributed by atoms with Crippen molar-refractivity contribution in [2.24, 2.45) is 0 Å². The molecule has 1 aromatic carbocycles. The Morgan fingerprint density at radius 2 is 2.12 bits per heavy atom. The number of aliphatic hydroxyl groups excluding tert-OH is 1. The molecule has 0 aliphatic carbocycles. The molecule has 3 nitrogen and oxygen atoms in total. The molecule has 0 aliphatic rings. The van der Waals surface area contributed by atoms with Crippen LogP contribution >= 0.6 is 0 Å². The smallest absolute Gasteiger partial charge is 0.119 e. The highest BCUT2D eigenvalue weighted by Gasteiger charge is 2.08. The highest BCUT2D eigenvalue weighted by Crippen LogP contribution is 2.19. The van der Waals surface area contributed by atoms with Crippen molar-refractivity contribution in [3.05, 3.63) is 29.8 Å². The molecule has 0 saturated carbocycles. The second-order valence-corrected chi connectivity index (χ2v) is 4.50. The fourth-order valence-electron chi connectivity index (χ4n) is 1.50. The van der Waals surface area contributed by atoms with Crippen molar-refractivity contribution < 1.29 is 9.84 Å². The van der Waals surface area contributed by atoms with E-state index in [1.54, 1.807) is 0 Å². The van der Waals surface area contributed by atoms with Crippen molar-refractivity contribution in [1.82, 2.24) is 5.32 Å². The minimum atomic E-state index is -0.484. The molecule has 0 heterocycles. The van der Waals surface area contributed by atoms with E-state index in [0.29, 0.717) is 19.2 Å².